The van der Waals surface area contributed by atoms with Gasteiger partial charge in [-0.05, 0) is 47.9 Å². The summed E-state index contributed by atoms with van der Waals surface area (Å²) in [5.74, 6) is 1.63. The summed E-state index contributed by atoms with van der Waals surface area (Å²) < 4.78 is 5.28. The Morgan fingerprint density at radius 3 is 3.10 bits per heavy atom. The summed E-state index contributed by atoms with van der Waals surface area (Å²) in [5, 5.41) is 4.32. The summed E-state index contributed by atoms with van der Waals surface area (Å²) in [6, 6.07) is 6.31. The monoisotopic (exact) mass is 289 g/mol. The lowest BCUT2D eigenvalue weighted by atomic mass is 10.00. The van der Waals surface area contributed by atoms with E-state index in [9.17, 15) is 4.79 Å². The van der Waals surface area contributed by atoms with Crippen molar-refractivity contribution in [2.45, 2.75) is 38.1 Å². The molecule has 2 aromatic rings. The molecule has 1 fully saturated rings. The van der Waals surface area contributed by atoms with Gasteiger partial charge in [0.15, 0.2) is 0 Å². The fraction of sp³-hybridized carbons (Fsp3) is 0.438. The molecule has 20 heavy (non-hydrogen) atoms. The van der Waals surface area contributed by atoms with Gasteiger partial charge in [-0.3, -0.25) is 4.79 Å². The number of furan rings is 1. The molecule has 0 radical (unpaired) electrons. The first kappa shape index (κ1) is 13.4. The summed E-state index contributed by atoms with van der Waals surface area (Å²) in [7, 11) is 0. The molecule has 1 aliphatic heterocycles. The van der Waals surface area contributed by atoms with Crippen LogP contribution in [0.4, 0.5) is 0 Å². The highest BCUT2D eigenvalue weighted by atomic mass is 32.1. The zero-order valence-electron chi connectivity index (χ0n) is 11.6. The first-order valence-corrected chi connectivity index (χ1v) is 8.02. The van der Waals surface area contributed by atoms with Crippen molar-refractivity contribution in [1.82, 2.24) is 4.90 Å². The van der Waals surface area contributed by atoms with Crippen LogP contribution in [0.3, 0.4) is 0 Å². The van der Waals surface area contributed by atoms with Gasteiger partial charge in [0.1, 0.15) is 5.76 Å². The molecule has 3 rings (SSSR count). The van der Waals surface area contributed by atoms with Crippen LogP contribution in [-0.4, -0.2) is 23.4 Å². The second kappa shape index (κ2) is 5.83. The Kier molecular flexibility index (Phi) is 3.92. The van der Waals surface area contributed by atoms with Crippen LogP contribution in [0.25, 0.3) is 0 Å². The SMILES string of the molecule is C[C@H]1C[C@@H](c2ccsc2)CN1C(=O)CCc1ccco1. The molecule has 0 N–H and O–H groups in total. The Bertz CT molecular complexity index is 547. The van der Waals surface area contributed by atoms with E-state index < -0.39 is 0 Å². The number of rotatable bonds is 4. The average molecular weight is 289 g/mol. The number of thiophene rings is 1. The second-order valence-corrected chi connectivity index (χ2v) is 6.24. The molecular weight excluding hydrogens is 270 g/mol. The summed E-state index contributed by atoms with van der Waals surface area (Å²) in [6.45, 7) is 3.01. The third kappa shape index (κ3) is 2.80. The highest BCUT2D eigenvalue weighted by Crippen LogP contribution is 2.33. The molecule has 106 valence electrons. The first-order valence-electron chi connectivity index (χ1n) is 7.08. The third-order valence-electron chi connectivity index (χ3n) is 4.08. The quantitative estimate of drug-likeness (QED) is 0.860. The number of hydrogen-bond donors (Lipinski definition) is 0. The van der Waals surface area contributed by atoms with Crippen LogP contribution in [0, 0.1) is 0 Å². The van der Waals surface area contributed by atoms with Crippen LogP contribution < -0.4 is 0 Å². The Balaban J connectivity index is 1.58. The van der Waals surface area contributed by atoms with E-state index in [1.807, 2.05) is 17.0 Å². The number of aryl methyl sites for hydroxylation is 1. The van der Waals surface area contributed by atoms with Gasteiger partial charge >= 0.3 is 0 Å². The molecule has 0 aliphatic carbocycles. The molecule has 1 saturated heterocycles. The van der Waals surface area contributed by atoms with Gasteiger partial charge in [0.2, 0.25) is 5.91 Å². The van der Waals surface area contributed by atoms with E-state index >= 15 is 0 Å². The molecule has 0 aromatic carbocycles. The molecule has 0 spiro atoms. The van der Waals surface area contributed by atoms with Crippen molar-refractivity contribution in [3.05, 3.63) is 46.5 Å². The predicted octanol–water partition coefficient (Wildman–Crippen LogP) is 3.68. The topological polar surface area (TPSA) is 33.5 Å². The van der Waals surface area contributed by atoms with E-state index in [0.29, 0.717) is 24.8 Å². The average Bonchev–Trinajstić information content (AvgIpc) is 3.17. The molecule has 3 nitrogen and oxygen atoms in total. The van der Waals surface area contributed by atoms with Gasteiger partial charge in [-0.15, -0.1) is 0 Å². The van der Waals surface area contributed by atoms with Crippen molar-refractivity contribution in [2.75, 3.05) is 6.54 Å². The Labute approximate surface area is 123 Å². The largest absolute Gasteiger partial charge is 0.469 e. The minimum absolute atomic E-state index is 0.242. The molecule has 3 heterocycles. The summed E-state index contributed by atoms with van der Waals surface area (Å²) in [4.78, 5) is 14.4. The summed E-state index contributed by atoms with van der Waals surface area (Å²) in [5.41, 5.74) is 1.38. The van der Waals surface area contributed by atoms with E-state index in [4.69, 9.17) is 4.42 Å². The fourth-order valence-electron chi connectivity index (χ4n) is 2.96. The predicted molar refractivity (Wildman–Crippen MR) is 79.9 cm³/mol. The van der Waals surface area contributed by atoms with Crippen molar-refractivity contribution in [1.29, 1.82) is 0 Å². The van der Waals surface area contributed by atoms with Gasteiger partial charge < -0.3 is 9.32 Å². The highest BCUT2D eigenvalue weighted by molar-refractivity contribution is 7.07. The summed E-state index contributed by atoms with van der Waals surface area (Å²) in [6.07, 6.45) is 3.96. The molecule has 2 aromatic heterocycles. The maximum Gasteiger partial charge on any atom is 0.223 e. The summed E-state index contributed by atoms with van der Waals surface area (Å²) >= 11 is 1.73. The minimum Gasteiger partial charge on any atom is -0.469 e. The highest BCUT2D eigenvalue weighted by Gasteiger charge is 2.32. The maximum atomic E-state index is 12.4. The molecule has 2 atom stereocenters. The third-order valence-corrected chi connectivity index (χ3v) is 4.78. The number of amides is 1. The lowest BCUT2D eigenvalue weighted by molar-refractivity contribution is -0.131. The second-order valence-electron chi connectivity index (χ2n) is 5.46. The van der Waals surface area contributed by atoms with E-state index in [0.717, 1.165) is 18.7 Å². The fourth-order valence-corrected chi connectivity index (χ4v) is 3.70. The molecule has 4 heteroatoms. The number of carbonyl (C=O) groups excluding carboxylic acids is 1. The van der Waals surface area contributed by atoms with Crippen molar-refractivity contribution < 1.29 is 9.21 Å². The van der Waals surface area contributed by atoms with Crippen molar-refractivity contribution in [3.63, 3.8) is 0 Å². The van der Waals surface area contributed by atoms with Crippen LogP contribution in [0.15, 0.2) is 39.6 Å². The zero-order chi connectivity index (χ0) is 13.9. The van der Waals surface area contributed by atoms with Crippen LogP contribution in [-0.2, 0) is 11.2 Å². The molecule has 1 amide bonds. The Hall–Kier alpha value is -1.55. The van der Waals surface area contributed by atoms with Crippen molar-refractivity contribution in [3.8, 4) is 0 Å². The van der Waals surface area contributed by atoms with E-state index in [1.54, 1.807) is 17.6 Å². The first-order chi connectivity index (χ1) is 9.74. The van der Waals surface area contributed by atoms with Gasteiger partial charge in [-0.1, -0.05) is 0 Å². The Morgan fingerprint density at radius 2 is 2.40 bits per heavy atom. The van der Waals surface area contributed by atoms with E-state index in [1.165, 1.54) is 5.56 Å². The van der Waals surface area contributed by atoms with Gasteiger partial charge in [-0.25, -0.2) is 0 Å². The number of hydrogen-bond acceptors (Lipinski definition) is 3. The van der Waals surface area contributed by atoms with Gasteiger partial charge in [0, 0.05) is 31.3 Å². The van der Waals surface area contributed by atoms with Gasteiger partial charge in [0.25, 0.3) is 0 Å². The van der Waals surface area contributed by atoms with Crippen LogP contribution in [0.5, 0.6) is 0 Å². The zero-order valence-corrected chi connectivity index (χ0v) is 12.4. The lowest BCUT2D eigenvalue weighted by Crippen LogP contribution is -2.34. The normalized spacial score (nSPS) is 22.4. The van der Waals surface area contributed by atoms with Gasteiger partial charge in [0.05, 0.1) is 6.26 Å². The molecular formula is C16H19NO2S. The molecule has 1 aliphatic rings. The van der Waals surface area contributed by atoms with Crippen molar-refractivity contribution >= 4 is 17.2 Å². The maximum absolute atomic E-state index is 12.4. The number of likely N-dealkylation sites (tertiary alicyclic amines) is 1. The van der Waals surface area contributed by atoms with E-state index in [2.05, 4.69) is 23.8 Å². The standard InChI is InChI=1S/C16H19NO2S/c1-12-9-14(13-6-8-20-11-13)10-17(12)16(18)5-4-15-3-2-7-19-15/h2-3,6-8,11-12,14H,4-5,9-10H2,1H3/t12-,14+/m0/s1. The van der Waals surface area contributed by atoms with Crippen LogP contribution in [0.2, 0.25) is 0 Å². The van der Waals surface area contributed by atoms with Crippen LogP contribution >= 0.6 is 11.3 Å². The molecule has 0 unspecified atom stereocenters. The number of nitrogens with zero attached hydrogens (tertiary/aromatic N) is 1. The molecule has 0 saturated carbocycles. The van der Waals surface area contributed by atoms with Crippen LogP contribution in [0.1, 0.15) is 37.0 Å². The minimum atomic E-state index is 0.242. The molecule has 0 bridgehead atoms. The Morgan fingerprint density at radius 1 is 1.50 bits per heavy atom. The van der Waals surface area contributed by atoms with Gasteiger partial charge in [-0.2, -0.15) is 11.3 Å². The van der Waals surface area contributed by atoms with Crippen molar-refractivity contribution in [2.24, 2.45) is 0 Å². The van der Waals surface area contributed by atoms with E-state index in [-0.39, 0.29) is 5.91 Å². The lowest BCUT2D eigenvalue weighted by Gasteiger charge is -2.21. The smallest absolute Gasteiger partial charge is 0.223 e. The number of carbonyl (C=O) groups is 1.